The fraction of sp³-hybridized carbons (Fsp3) is 0.579. The van der Waals surface area contributed by atoms with E-state index in [4.69, 9.17) is 0 Å². The molecule has 0 N–H and O–H groups in total. The molecule has 1 heterocycles. The Labute approximate surface area is 247 Å². The molecule has 1 fully saturated rings. The smallest absolute Gasteiger partial charge is 0.0189 e. The van der Waals surface area contributed by atoms with Gasteiger partial charge in [-0.15, -0.1) is 6.58 Å². The standard InChI is InChI=1S/C38H58N2/c1-8-26-39(10-3)37-24-27-40(28-25-37)33(7)21-23-35(38(9-2)34-17-11-14-30(4)20-22-34)18-13-16-32(6)36-19-12-15-31(5)29-36/h9,12,14-15,17,19-20,22,29,32,35,37-38H,2,7-8,10-11,13,16,18,21,23-28H2,1,3-6H3. The van der Waals surface area contributed by atoms with Crippen molar-refractivity contribution in [1.82, 2.24) is 9.80 Å². The van der Waals surface area contributed by atoms with Crippen LogP contribution in [0.25, 0.3) is 0 Å². The van der Waals surface area contributed by atoms with E-state index in [1.54, 1.807) is 0 Å². The SMILES string of the molecule is C=CC(C1=CCC=C(C)C=C1)C(CCCC(C)c1cccc(C)c1)CCC(=C)N1CCC(N(CC)CCC)CC1. The molecular weight excluding hydrogens is 484 g/mol. The van der Waals surface area contributed by atoms with Gasteiger partial charge in [0.15, 0.2) is 0 Å². The molecule has 3 unspecified atom stereocenters. The van der Waals surface area contributed by atoms with Crippen LogP contribution in [-0.4, -0.2) is 42.0 Å². The van der Waals surface area contributed by atoms with Crippen LogP contribution in [0.4, 0.5) is 0 Å². The summed E-state index contributed by atoms with van der Waals surface area (Å²) in [7, 11) is 0. The highest BCUT2D eigenvalue weighted by Crippen LogP contribution is 2.35. The summed E-state index contributed by atoms with van der Waals surface area (Å²) in [6.07, 6.45) is 22.4. The zero-order chi connectivity index (χ0) is 28.9. The van der Waals surface area contributed by atoms with Gasteiger partial charge in [0.25, 0.3) is 0 Å². The number of allylic oxidation sites excluding steroid dienone is 8. The number of hydrogen-bond donors (Lipinski definition) is 0. The van der Waals surface area contributed by atoms with Gasteiger partial charge in [-0.1, -0.05) is 99.6 Å². The van der Waals surface area contributed by atoms with E-state index < -0.39 is 0 Å². The van der Waals surface area contributed by atoms with Gasteiger partial charge in [-0.2, -0.15) is 0 Å². The van der Waals surface area contributed by atoms with Crippen molar-refractivity contribution >= 4 is 0 Å². The summed E-state index contributed by atoms with van der Waals surface area (Å²) in [5.41, 5.74) is 6.99. The largest absolute Gasteiger partial charge is 0.375 e. The zero-order valence-corrected chi connectivity index (χ0v) is 26.5. The number of benzene rings is 1. The summed E-state index contributed by atoms with van der Waals surface area (Å²) in [5, 5.41) is 0. The van der Waals surface area contributed by atoms with Crippen molar-refractivity contribution in [2.75, 3.05) is 26.2 Å². The average molecular weight is 543 g/mol. The highest BCUT2D eigenvalue weighted by molar-refractivity contribution is 5.34. The quantitative estimate of drug-likeness (QED) is 0.192. The average Bonchev–Trinajstić information content (AvgIpc) is 3.18. The molecule has 2 aliphatic rings. The van der Waals surface area contributed by atoms with E-state index in [1.807, 2.05) is 0 Å². The van der Waals surface area contributed by atoms with Crippen LogP contribution in [0.2, 0.25) is 0 Å². The van der Waals surface area contributed by atoms with Gasteiger partial charge >= 0.3 is 0 Å². The normalized spacial score (nSPS) is 18.6. The summed E-state index contributed by atoms with van der Waals surface area (Å²) in [6, 6.07) is 9.81. The van der Waals surface area contributed by atoms with Crippen LogP contribution in [0.3, 0.4) is 0 Å². The minimum absolute atomic E-state index is 0.399. The minimum Gasteiger partial charge on any atom is -0.375 e. The minimum atomic E-state index is 0.399. The van der Waals surface area contributed by atoms with Crippen LogP contribution in [0.1, 0.15) is 103 Å². The third kappa shape index (κ3) is 9.65. The predicted octanol–water partition coefficient (Wildman–Crippen LogP) is 10.0. The van der Waals surface area contributed by atoms with Crippen LogP contribution in [0.15, 0.2) is 84.6 Å². The molecule has 0 aromatic heterocycles. The molecular formula is C38H58N2. The van der Waals surface area contributed by atoms with E-state index in [0.717, 1.165) is 32.0 Å². The Hall–Kier alpha value is -2.32. The van der Waals surface area contributed by atoms with Gasteiger partial charge in [0.2, 0.25) is 0 Å². The molecule has 0 spiro atoms. The maximum Gasteiger partial charge on any atom is 0.0189 e. The molecule has 3 rings (SSSR count). The van der Waals surface area contributed by atoms with Gasteiger partial charge in [-0.25, -0.2) is 0 Å². The summed E-state index contributed by atoms with van der Waals surface area (Å²) in [6.45, 7) is 25.1. The van der Waals surface area contributed by atoms with Gasteiger partial charge in [0.1, 0.15) is 0 Å². The molecule has 1 aliphatic heterocycles. The Balaban J connectivity index is 1.62. The monoisotopic (exact) mass is 542 g/mol. The Morgan fingerprint density at radius 1 is 1.07 bits per heavy atom. The van der Waals surface area contributed by atoms with Crippen molar-refractivity contribution in [2.24, 2.45) is 11.8 Å². The second-order valence-corrected chi connectivity index (χ2v) is 12.4. The van der Waals surface area contributed by atoms with Crippen molar-refractivity contribution < 1.29 is 0 Å². The first-order valence-electron chi connectivity index (χ1n) is 16.3. The van der Waals surface area contributed by atoms with Crippen LogP contribution >= 0.6 is 0 Å². The summed E-state index contributed by atoms with van der Waals surface area (Å²) in [4.78, 5) is 5.28. The lowest BCUT2D eigenvalue weighted by Gasteiger charge is -2.40. The molecule has 220 valence electrons. The number of rotatable bonds is 16. The molecule has 2 nitrogen and oxygen atoms in total. The molecule has 0 saturated carbocycles. The predicted molar refractivity (Wildman–Crippen MR) is 177 cm³/mol. The molecule has 2 heteroatoms. The summed E-state index contributed by atoms with van der Waals surface area (Å²) < 4.78 is 0. The molecule has 0 bridgehead atoms. The molecule has 1 aromatic rings. The van der Waals surface area contributed by atoms with Gasteiger partial charge < -0.3 is 9.80 Å². The molecule has 1 aromatic carbocycles. The Kier molecular flexibility index (Phi) is 13.5. The number of likely N-dealkylation sites (tertiary alicyclic amines) is 1. The van der Waals surface area contributed by atoms with E-state index in [-0.39, 0.29) is 0 Å². The van der Waals surface area contributed by atoms with Crippen molar-refractivity contribution in [3.63, 3.8) is 0 Å². The molecule has 1 saturated heterocycles. The molecule has 40 heavy (non-hydrogen) atoms. The third-order valence-corrected chi connectivity index (χ3v) is 9.45. The van der Waals surface area contributed by atoms with Crippen LogP contribution in [0, 0.1) is 18.8 Å². The lowest BCUT2D eigenvalue weighted by atomic mass is 9.78. The topological polar surface area (TPSA) is 6.48 Å². The first-order chi connectivity index (χ1) is 19.4. The van der Waals surface area contributed by atoms with E-state index in [2.05, 4.69) is 112 Å². The first-order valence-corrected chi connectivity index (χ1v) is 16.3. The maximum atomic E-state index is 4.61. The number of piperidine rings is 1. The van der Waals surface area contributed by atoms with E-state index in [9.17, 15) is 0 Å². The third-order valence-electron chi connectivity index (χ3n) is 9.45. The lowest BCUT2D eigenvalue weighted by Crippen LogP contribution is -2.44. The van der Waals surface area contributed by atoms with Gasteiger partial charge in [0.05, 0.1) is 0 Å². The van der Waals surface area contributed by atoms with E-state index >= 15 is 0 Å². The Bertz CT molecular complexity index is 1020. The van der Waals surface area contributed by atoms with Gasteiger partial charge in [-0.3, -0.25) is 0 Å². The highest BCUT2D eigenvalue weighted by atomic mass is 15.2. The molecule has 0 amide bonds. The first kappa shape index (κ1) is 32.2. The van der Waals surface area contributed by atoms with Gasteiger partial charge in [-0.05, 0) is 101 Å². The molecule has 3 atom stereocenters. The molecule has 0 radical (unpaired) electrons. The lowest BCUT2D eigenvalue weighted by molar-refractivity contribution is 0.126. The summed E-state index contributed by atoms with van der Waals surface area (Å²) in [5.74, 6) is 1.58. The van der Waals surface area contributed by atoms with Crippen molar-refractivity contribution in [2.45, 2.75) is 104 Å². The second kappa shape index (κ2) is 16.8. The van der Waals surface area contributed by atoms with Crippen molar-refractivity contribution in [3.05, 3.63) is 95.8 Å². The van der Waals surface area contributed by atoms with Crippen molar-refractivity contribution in [1.29, 1.82) is 0 Å². The molecule has 1 aliphatic carbocycles. The maximum absolute atomic E-state index is 4.61. The van der Waals surface area contributed by atoms with Crippen molar-refractivity contribution in [3.8, 4) is 0 Å². The zero-order valence-electron chi connectivity index (χ0n) is 26.5. The number of hydrogen-bond acceptors (Lipinski definition) is 2. The van der Waals surface area contributed by atoms with E-state index in [0.29, 0.717) is 17.8 Å². The Morgan fingerprint density at radius 3 is 2.52 bits per heavy atom. The van der Waals surface area contributed by atoms with Gasteiger partial charge in [0, 0.05) is 30.7 Å². The number of nitrogens with zero attached hydrogens (tertiary/aromatic N) is 2. The second-order valence-electron chi connectivity index (χ2n) is 12.4. The van der Waals surface area contributed by atoms with Crippen LogP contribution in [0.5, 0.6) is 0 Å². The number of aryl methyl sites for hydroxylation is 1. The Morgan fingerprint density at radius 2 is 1.85 bits per heavy atom. The fourth-order valence-electron chi connectivity index (χ4n) is 6.87. The van der Waals surface area contributed by atoms with Crippen LogP contribution in [-0.2, 0) is 0 Å². The highest BCUT2D eigenvalue weighted by Gasteiger charge is 2.26. The van der Waals surface area contributed by atoms with Crippen LogP contribution < -0.4 is 0 Å². The summed E-state index contributed by atoms with van der Waals surface area (Å²) >= 11 is 0. The van der Waals surface area contributed by atoms with E-state index in [1.165, 1.54) is 86.0 Å². The fourth-order valence-corrected chi connectivity index (χ4v) is 6.87.